The van der Waals surface area contributed by atoms with Crippen LogP contribution < -0.4 is 5.73 Å². The van der Waals surface area contributed by atoms with Gasteiger partial charge in [-0.3, -0.25) is 0 Å². The zero-order valence-electron chi connectivity index (χ0n) is 13.2. The number of hydrogen-bond donors (Lipinski definition) is 1. The first kappa shape index (κ1) is 19.3. The summed E-state index contributed by atoms with van der Waals surface area (Å²) in [5, 5.41) is 3.46. The lowest BCUT2D eigenvalue weighted by molar-refractivity contribution is -0.141. The number of nitrogen functional groups attached to an aromatic ring is 1. The van der Waals surface area contributed by atoms with Crippen molar-refractivity contribution in [3.63, 3.8) is 0 Å². The maximum absolute atomic E-state index is 13.5. The lowest BCUT2D eigenvalue weighted by atomic mass is 10.1. The van der Waals surface area contributed by atoms with Crippen molar-refractivity contribution in [1.29, 1.82) is 0 Å². The van der Waals surface area contributed by atoms with Gasteiger partial charge in [-0.1, -0.05) is 34.1 Å². The second kappa shape index (κ2) is 6.59. The largest absolute Gasteiger partial charge is 0.435 e. The van der Waals surface area contributed by atoms with E-state index in [1.807, 2.05) is 0 Å². The van der Waals surface area contributed by atoms with E-state index in [-0.39, 0.29) is 11.3 Å². The molecule has 0 fully saturated rings. The number of nitrogens with zero attached hydrogens (tertiary/aromatic N) is 2. The molecule has 0 saturated heterocycles. The molecule has 3 aromatic rings. The Morgan fingerprint density at radius 2 is 1.56 bits per heavy atom. The molecule has 0 saturated carbocycles. The lowest BCUT2D eigenvalue weighted by Crippen LogP contribution is -2.09. The average molecular weight is 450 g/mol. The number of alkyl halides is 6. The monoisotopic (exact) mass is 449 g/mol. The van der Waals surface area contributed by atoms with Crippen molar-refractivity contribution in [2.45, 2.75) is 12.4 Å². The minimum Gasteiger partial charge on any atom is -0.383 e. The predicted octanol–water partition coefficient (Wildman–Crippen LogP) is 5.92. The molecule has 1 heterocycles. The van der Waals surface area contributed by atoms with Crippen LogP contribution in [0.1, 0.15) is 11.3 Å². The Balaban J connectivity index is 2.25. The summed E-state index contributed by atoms with van der Waals surface area (Å²) in [5.41, 5.74) is 3.08. The van der Waals surface area contributed by atoms with Crippen LogP contribution in [0.15, 0.2) is 53.0 Å². The van der Waals surface area contributed by atoms with Gasteiger partial charge in [-0.15, -0.1) is 0 Å². The molecule has 0 radical (unpaired) electrons. The van der Waals surface area contributed by atoms with Gasteiger partial charge < -0.3 is 5.73 Å². The molecule has 0 spiro atoms. The zero-order chi connectivity index (χ0) is 20.0. The lowest BCUT2D eigenvalue weighted by Gasteiger charge is -2.10. The molecule has 0 atom stereocenters. The number of halogens is 7. The van der Waals surface area contributed by atoms with Gasteiger partial charge in [0.15, 0.2) is 5.69 Å². The van der Waals surface area contributed by atoms with E-state index < -0.39 is 35.0 Å². The topological polar surface area (TPSA) is 43.8 Å². The number of hydrogen-bond acceptors (Lipinski definition) is 2. The second-order valence-electron chi connectivity index (χ2n) is 5.58. The molecule has 3 rings (SSSR count). The second-order valence-corrected chi connectivity index (χ2v) is 6.49. The third kappa shape index (κ3) is 3.80. The van der Waals surface area contributed by atoms with Crippen molar-refractivity contribution in [2.24, 2.45) is 0 Å². The first-order chi connectivity index (χ1) is 12.5. The molecule has 0 bridgehead atoms. The van der Waals surface area contributed by atoms with Crippen LogP contribution in [-0.2, 0) is 12.4 Å². The van der Waals surface area contributed by atoms with E-state index in [4.69, 9.17) is 5.73 Å². The van der Waals surface area contributed by atoms with E-state index in [1.165, 1.54) is 24.3 Å². The summed E-state index contributed by atoms with van der Waals surface area (Å²) in [6, 6.07) is 9.72. The number of rotatable bonds is 2. The Morgan fingerprint density at radius 3 is 2.15 bits per heavy atom. The molecule has 3 nitrogen and oxygen atoms in total. The molecule has 1 aromatic heterocycles. The van der Waals surface area contributed by atoms with Gasteiger partial charge >= 0.3 is 12.4 Å². The maximum Gasteiger partial charge on any atom is 0.435 e. The Morgan fingerprint density at radius 1 is 0.889 bits per heavy atom. The van der Waals surface area contributed by atoms with Crippen LogP contribution in [0, 0.1) is 0 Å². The average Bonchev–Trinajstić information content (AvgIpc) is 2.92. The van der Waals surface area contributed by atoms with Crippen LogP contribution in [0.2, 0.25) is 0 Å². The highest BCUT2D eigenvalue weighted by Gasteiger charge is 2.40. The van der Waals surface area contributed by atoms with Crippen molar-refractivity contribution in [2.75, 3.05) is 5.73 Å². The van der Waals surface area contributed by atoms with Crippen LogP contribution >= 0.6 is 15.9 Å². The molecule has 0 aliphatic rings. The fourth-order valence-electron chi connectivity index (χ4n) is 2.57. The molecule has 0 amide bonds. The van der Waals surface area contributed by atoms with Gasteiger partial charge in [0, 0.05) is 4.47 Å². The highest BCUT2D eigenvalue weighted by Crippen LogP contribution is 2.41. The van der Waals surface area contributed by atoms with Gasteiger partial charge in [-0.25, -0.2) is 4.68 Å². The third-order valence-electron chi connectivity index (χ3n) is 3.72. The number of nitrogens with two attached hydrogens (primary N) is 1. The molecule has 0 unspecified atom stereocenters. The first-order valence-corrected chi connectivity index (χ1v) is 8.17. The van der Waals surface area contributed by atoms with E-state index in [0.29, 0.717) is 15.2 Å². The molecule has 27 heavy (non-hydrogen) atoms. The summed E-state index contributed by atoms with van der Waals surface area (Å²) in [5.74, 6) is -0.417. The Labute approximate surface area is 157 Å². The molecule has 0 aliphatic heterocycles. The van der Waals surface area contributed by atoms with Gasteiger partial charge in [0.05, 0.1) is 16.8 Å². The van der Waals surface area contributed by atoms with Crippen molar-refractivity contribution in [3.05, 3.63) is 64.3 Å². The predicted molar refractivity (Wildman–Crippen MR) is 91.1 cm³/mol. The highest BCUT2D eigenvalue weighted by molar-refractivity contribution is 9.10. The molecule has 2 aromatic carbocycles. The van der Waals surface area contributed by atoms with Gasteiger partial charge in [-0.05, 0) is 35.9 Å². The van der Waals surface area contributed by atoms with Gasteiger partial charge in [0.1, 0.15) is 5.82 Å². The van der Waals surface area contributed by atoms with Crippen LogP contribution in [0.5, 0.6) is 0 Å². The summed E-state index contributed by atoms with van der Waals surface area (Å²) in [6.45, 7) is 0. The minimum absolute atomic E-state index is 0.132. The smallest absolute Gasteiger partial charge is 0.383 e. The summed E-state index contributed by atoms with van der Waals surface area (Å²) < 4.78 is 80.4. The zero-order valence-corrected chi connectivity index (χ0v) is 14.8. The van der Waals surface area contributed by atoms with Crippen molar-refractivity contribution >= 4 is 21.7 Å². The fourth-order valence-corrected chi connectivity index (χ4v) is 2.97. The standard InChI is InChI=1S/C17H10BrF6N3/c18-11-5-1-3-9(7-11)13-14(17(22,23)24)26-27(15(13)25)12-6-2-4-10(8-12)16(19,20)21/h1-8H,25H2. The number of anilines is 1. The van der Waals surface area contributed by atoms with Crippen LogP contribution in [-0.4, -0.2) is 9.78 Å². The SMILES string of the molecule is Nc1c(-c2cccc(Br)c2)c(C(F)(F)F)nn1-c1cccc(C(F)(F)F)c1. The summed E-state index contributed by atoms with van der Waals surface area (Å²) in [7, 11) is 0. The van der Waals surface area contributed by atoms with Gasteiger partial charge in [0.25, 0.3) is 0 Å². The summed E-state index contributed by atoms with van der Waals surface area (Å²) in [6.07, 6.45) is -9.50. The van der Waals surface area contributed by atoms with E-state index >= 15 is 0 Å². The molecule has 142 valence electrons. The highest BCUT2D eigenvalue weighted by atomic mass is 79.9. The van der Waals surface area contributed by atoms with Gasteiger partial charge in [0.2, 0.25) is 0 Å². The van der Waals surface area contributed by atoms with Crippen molar-refractivity contribution < 1.29 is 26.3 Å². The molecular weight excluding hydrogens is 440 g/mol. The summed E-state index contributed by atoms with van der Waals surface area (Å²) in [4.78, 5) is 0. The normalized spacial score (nSPS) is 12.4. The Kier molecular flexibility index (Phi) is 4.71. The third-order valence-corrected chi connectivity index (χ3v) is 4.21. The first-order valence-electron chi connectivity index (χ1n) is 7.38. The Hall–Kier alpha value is -2.49. The molecule has 0 aliphatic carbocycles. The minimum atomic E-state index is -4.85. The fraction of sp³-hybridized carbons (Fsp3) is 0.118. The number of benzene rings is 2. The van der Waals surface area contributed by atoms with Crippen molar-refractivity contribution in [3.8, 4) is 16.8 Å². The summed E-state index contributed by atoms with van der Waals surface area (Å²) >= 11 is 3.17. The maximum atomic E-state index is 13.5. The molecule has 2 N–H and O–H groups in total. The van der Waals surface area contributed by atoms with E-state index in [9.17, 15) is 26.3 Å². The quantitative estimate of drug-likeness (QED) is 0.493. The van der Waals surface area contributed by atoms with E-state index in [2.05, 4.69) is 21.0 Å². The molecule has 10 heteroatoms. The van der Waals surface area contributed by atoms with Crippen LogP contribution in [0.25, 0.3) is 16.8 Å². The van der Waals surface area contributed by atoms with Gasteiger partial charge in [-0.2, -0.15) is 31.4 Å². The number of aromatic nitrogens is 2. The van der Waals surface area contributed by atoms with Crippen LogP contribution in [0.3, 0.4) is 0 Å². The van der Waals surface area contributed by atoms with Crippen LogP contribution in [0.4, 0.5) is 32.2 Å². The Bertz CT molecular complexity index is 991. The van der Waals surface area contributed by atoms with E-state index in [1.54, 1.807) is 6.07 Å². The molecular formula is C17H10BrF6N3. The van der Waals surface area contributed by atoms with E-state index in [0.717, 1.165) is 12.1 Å². The van der Waals surface area contributed by atoms with Crippen molar-refractivity contribution in [1.82, 2.24) is 9.78 Å².